The minimum Gasteiger partial charge on any atom is -0.493 e. The third-order valence-corrected chi connectivity index (χ3v) is 3.69. The highest BCUT2D eigenvalue weighted by molar-refractivity contribution is 5.48. The number of anilines is 1. The van der Waals surface area contributed by atoms with Gasteiger partial charge in [0.1, 0.15) is 5.82 Å². The average molecular weight is 270 g/mol. The van der Waals surface area contributed by atoms with Gasteiger partial charge >= 0.3 is 0 Å². The fourth-order valence-corrected chi connectivity index (χ4v) is 2.68. The number of fused-ring (bicyclic) bond motifs is 1. The van der Waals surface area contributed by atoms with E-state index in [1.54, 1.807) is 13.3 Å². The van der Waals surface area contributed by atoms with Gasteiger partial charge in [-0.1, -0.05) is 18.2 Å². The molecule has 104 valence electrons. The zero-order valence-corrected chi connectivity index (χ0v) is 11.5. The number of aromatic nitrogens is 1. The number of hydrogen-bond donors (Lipinski definition) is 1. The number of para-hydroxylation sites is 1. The summed E-state index contributed by atoms with van der Waals surface area (Å²) < 4.78 is 11.2. The maximum atomic E-state index is 5.91. The van der Waals surface area contributed by atoms with E-state index in [1.807, 2.05) is 24.3 Å². The van der Waals surface area contributed by atoms with Gasteiger partial charge in [-0.15, -0.1) is 0 Å². The monoisotopic (exact) mass is 270 g/mol. The molecular weight excluding hydrogens is 252 g/mol. The molecule has 0 radical (unpaired) electrons. The molecule has 0 aliphatic carbocycles. The molecule has 1 aliphatic rings. The van der Waals surface area contributed by atoms with Crippen LogP contribution in [0.2, 0.25) is 0 Å². The molecule has 0 unspecified atom stereocenters. The summed E-state index contributed by atoms with van der Waals surface area (Å²) in [4.78, 5) is 4.13. The average Bonchev–Trinajstić information content (AvgIpc) is 2.49. The normalized spacial score (nSPS) is 17.1. The van der Waals surface area contributed by atoms with Crippen molar-refractivity contribution in [2.75, 3.05) is 19.5 Å². The number of nitrogens with two attached hydrogens (primary N) is 1. The summed E-state index contributed by atoms with van der Waals surface area (Å²) in [7, 11) is 1.67. The van der Waals surface area contributed by atoms with Crippen molar-refractivity contribution in [3.8, 4) is 11.5 Å². The molecule has 0 amide bonds. The first kappa shape index (κ1) is 12.8. The van der Waals surface area contributed by atoms with E-state index < -0.39 is 0 Å². The quantitative estimate of drug-likeness (QED) is 0.930. The van der Waals surface area contributed by atoms with Crippen LogP contribution in [0, 0.1) is 5.92 Å². The molecule has 0 saturated heterocycles. The molecule has 4 nitrogen and oxygen atoms in total. The number of hydrogen-bond acceptors (Lipinski definition) is 4. The van der Waals surface area contributed by atoms with E-state index >= 15 is 0 Å². The molecule has 0 spiro atoms. The number of nitrogens with zero attached hydrogens (tertiary/aromatic N) is 1. The molecular formula is C16H18N2O2. The van der Waals surface area contributed by atoms with Crippen LogP contribution < -0.4 is 15.2 Å². The van der Waals surface area contributed by atoms with Crippen LogP contribution in [0.4, 0.5) is 5.82 Å². The van der Waals surface area contributed by atoms with Crippen LogP contribution in [0.25, 0.3) is 0 Å². The molecule has 1 atom stereocenters. The molecule has 2 N–H and O–H groups in total. The van der Waals surface area contributed by atoms with Crippen molar-refractivity contribution < 1.29 is 9.47 Å². The molecule has 0 saturated carbocycles. The summed E-state index contributed by atoms with van der Waals surface area (Å²) in [6.45, 7) is 0.682. The van der Waals surface area contributed by atoms with Crippen molar-refractivity contribution >= 4 is 5.82 Å². The molecule has 3 rings (SSSR count). The van der Waals surface area contributed by atoms with Crippen LogP contribution in [-0.4, -0.2) is 18.7 Å². The first-order chi connectivity index (χ1) is 9.78. The van der Waals surface area contributed by atoms with Crippen molar-refractivity contribution in [1.29, 1.82) is 0 Å². The highest BCUT2D eigenvalue weighted by atomic mass is 16.5. The summed E-state index contributed by atoms with van der Waals surface area (Å²) in [5.74, 6) is 2.72. The van der Waals surface area contributed by atoms with Crippen molar-refractivity contribution in [3.63, 3.8) is 0 Å². The second-order valence-electron chi connectivity index (χ2n) is 5.08. The molecule has 4 heteroatoms. The predicted octanol–water partition coefficient (Wildman–Crippen LogP) is 2.47. The third-order valence-electron chi connectivity index (χ3n) is 3.69. The Hall–Kier alpha value is -2.23. The number of benzene rings is 1. The third kappa shape index (κ3) is 2.41. The number of ether oxygens (including phenoxy) is 2. The lowest BCUT2D eigenvalue weighted by Crippen LogP contribution is -2.23. The van der Waals surface area contributed by atoms with Crippen LogP contribution in [-0.2, 0) is 12.8 Å². The maximum absolute atomic E-state index is 5.91. The lowest BCUT2D eigenvalue weighted by Gasteiger charge is -2.26. The van der Waals surface area contributed by atoms with E-state index in [2.05, 4.69) is 11.1 Å². The molecule has 2 heterocycles. The Morgan fingerprint density at radius 2 is 2.25 bits per heavy atom. The Morgan fingerprint density at radius 1 is 1.35 bits per heavy atom. The molecule has 2 aromatic rings. The Labute approximate surface area is 118 Å². The topological polar surface area (TPSA) is 57.4 Å². The highest BCUT2D eigenvalue weighted by Crippen LogP contribution is 2.36. The standard InChI is InChI=1S/C16H18N2O2/c1-19-14-6-2-4-12-8-11(10-20-15(12)14)9-13-5-3-7-18-16(13)17/h2-7,11H,8-10H2,1H3,(H2,17,18)/t11-/m1/s1. The molecule has 1 aromatic heterocycles. The second-order valence-corrected chi connectivity index (χ2v) is 5.08. The van der Waals surface area contributed by atoms with E-state index in [9.17, 15) is 0 Å². The van der Waals surface area contributed by atoms with Gasteiger partial charge in [-0.3, -0.25) is 0 Å². The summed E-state index contributed by atoms with van der Waals surface area (Å²) in [5, 5.41) is 0. The summed E-state index contributed by atoms with van der Waals surface area (Å²) in [6, 6.07) is 9.98. The van der Waals surface area contributed by atoms with Crippen LogP contribution in [0.3, 0.4) is 0 Å². The lowest BCUT2D eigenvalue weighted by atomic mass is 9.91. The Morgan fingerprint density at radius 3 is 3.05 bits per heavy atom. The van der Waals surface area contributed by atoms with E-state index in [0.717, 1.165) is 29.9 Å². The van der Waals surface area contributed by atoms with Crippen molar-refractivity contribution in [3.05, 3.63) is 47.7 Å². The second kappa shape index (κ2) is 5.41. The predicted molar refractivity (Wildman–Crippen MR) is 78.0 cm³/mol. The SMILES string of the molecule is COc1cccc2c1OC[C@@H](Cc1cccnc1N)C2. The Balaban J connectivity index is 1.78. The molecule has 1 aromatic carbocycles. The minimum atomic E-state index is 0.418. The summed E-state index contributed by atoms with van der Waals surface area (Å²) in [5.41, 5.74) is 8.19. The number of pyridine rings is 1. The van der Waals surface area contributed by atoms with Crippen molar-refractivity contribution in [2.45, 2.75) is 12.8 Å². The van der Waals surface area contributed by atoms with Gasteiger partial charge in [0.2, 0.25) is 0 Å². The van der Waals surface area contributed by atoms with Gasteiger partial charge in [-0.2, -0.15) is 0 Å². The molecule has 1 aliphatic heterocycles. The van der Waals surface area contributed by atoms with E-state index in [-0.39, 0.29) is 0 Å². The van der Waals surface area contributed by atoms with E-state index in [1.165, 1.54) is 5.56 Å². The molecule has 0 fully saturated rings. The largest absolute Gasteiger partial charge is 0.493 e. The smallest absolute Gasteiger partial charge is 0.164 e. The van der Waals surface area contributed by atoms with Crippen LogP contribution in [0.5, 0.6) is 11.5 Å². The zero-order valence-electron chi connectivity index (χ0n) is 11.5. The zero-order chi connectivity index (χ0) is 13.9. The van der Waals surface area contributed by atoms with Crippen molar-refractivity contribution in [1.82, 2.24) is 4.98 Å². The van der Waals surface area contributed by atoms with Gasteiger partial charge in [0.05, 0.1) is 13.7 Å². The van der Waals surface area contributed by atoms with Gasteiger partial charge in [0.15, 0.2) is 11.5 Å². The first-order valence-corrected chi connectivity index (χ1v) is 6.76. The molecule has 20 heavy (non-hydrogen) atoms. The minimum absolute atomic E-state index is 0.418. The van der Waals surface area contributed by atoms with Gasteiger partial charge in [-0.25, -0.2) is 4.98 Å². The fourth-order valence-electron chi connectivity index (χ4n) is 2.68. The van der Waals surface area contributed by atoms with Crippen LogP contribution >= 0.6 is 0 Å². The maximum Gasteiger partial charge on any atom is 0.164 e. The van der Waals surface area contributed by atoms with Crippen LogP contribution in [0.15, 0.2) is 36.5 Å². The lowest BCUT2D eigenvalue weighted by molar-refractivity contribution is 0.211. The summed E-state index contributed by atoms with van der Waals surface area (Å²) in [6.07, 6.45) is 3.58. The van der Waals surface area contributed by atoms with E-state index in [4.69, 9.17) is 15.2 Å². The van der Waals surface area contributed by atoms with Crippen molar-refractivity contribution in [2.24, 2.45) is 5.92 Å². The molecule has 0 bridgehead atoms. The van der Waals surface area contributed by atoms with Gasteiger partial charge in [0, 0.05) is 12.1 Å². The van der Waals surface area contributed by atoms with E-state index in [0.29, 0.717) is 18.3 Å². The summed E-state index contributed by atoms with van der Waals surface area (Å²) >= 11 is 0. The Kier molecular flexibility index (Phi) is 3.46. The fraction of sp³-hybridized carbons (Fsp3) is 0.312. The first-order valence-electron chi connectivity index (χ1n) is 6.76. The number of methoxy groups -OCH3 is 1. The van der Waals surface area contributed by atoms with Gasteiger partial charge in [0.25, 0.3) is 0 Å². The van der Waals surface area contributed by atoms with Crippen LogP contribution in [0.1, 0.15) is 11.1 Å². The van der Waals surface area contributed by atoms with Gasteiger partial charge < -0.3 is 15.2 Å². The Bertz CT molecular complexity index is 613. The highest BCUT2D eigenvalue weighted by Gasteiger charge is 2.23. The number of nitrogen functional groups attached to an aromatic ring is 1. The number of rotatable bonds is 3. The van der Waals surface area contributed by atoms with Gasteiger partial charge in [-0.05, 0) is 36.1 Å².